The SMILES string of the molecule is c1ccc(-c2nc(-c3ccccc3)nc(-c3ccc4c(c3)C3(C5=C(Oc6ccccc6O5)c5c3sc3ccccc53)c3ccccc3-4)n2)cc1. The molecule has 3 aliphatic rings. The zero-order valence-electron chi connectivity index (χ0n) is 26.5. The van der Waals surface area contributed by atoms with Crippen LogP contribution in [0.1, 0.15) is 21.6 Å². The maximum absolute atomic E-state index is 7.02. The Kier molecular flexibility index (Phi) is 5.69. The normalized spacial score (nSPS) is 16.3. The van der Waals surface area contributed by atoms with Crippen LogP contribution in [0.5, 0.6) is 11.5 Å². The summed E-state index contributed by atoms with van der Waals surface area (Å²) in [6.45, 7) is 0. The monoisotopic (exact) mass is 659 g/mol. The molecule has 0 N–H and O–H groups in total. The van der Waals surface area contributed by atoms with E-state index in [1.165, 1.54) is 26.1 Å². The predicted octanol–water partition coefficient (Wildman–Crippen LogP) is 10.6. The molecule has 1 unspecified atom stereocenters. The lowest BCUT2D eigenvalue weighted by molar-refractivity contribution is 0.317. The van der Waals surface area contributed by atoms with Crippen molar-refractivity contribution in [2.45, 2.75) is 5.41 Å². The van der Waals surface area contributed by atoms with Crippen LogP contribution < -0.4 is 9.47 Å². The van der Waals surface area contributed by atoms with Crippen molar-refractivity contribution in [2.75, 3.05) is 0 Å². The van der Waals surface area contributed by atoms with Gasteiger partial charge in [0.2, 0.25) is 0 Å². The number of allylic oxidation sites excluding steroid dienone is 1. The third kappa shape index (κ3) is 3.74. The average Bonchev–Trinajstić information content (AvgIpc) is 3.81. The lowest BCUT2D eigenvalue weighted by Gasteiger charge is -2.32. The Balaban J connectivity index is 1.20. The third-order valence-corrected chi connectivity index (χ3v) is 11.3. The Morgan fingerprint density at radius 2 is 1.06 bits per heavy atom. The van der Waals surface area contributed by atoms with Crippen LogP contribution in [-0.4, -0.2) is 15.0 Å². The van der Waals surface area contributed by atoms with Crippen molar-refractivity contribution >= 4 is 27.2 Å². The van der Waals surface area contributed by atoms with Crippen LogP contribution in [0.2, 0.25) is 0 Å². The van der Waals surface area contributed by atoms with Gasteiger partial charge in [-0.25, -0.2) is 15.0 Å². The Morgan fingerprint density at radius 1 is 0.480 bits per heavy atom. The van der Waals surface area contributed by atoms with Crippen molar-refractivity contribution in [3.63, 3.8) is 0 Å². The molecule has 8 aromatic rings. The van der Waals surface area contributed by atoms with E-state index in [2.05, 4.69) is 66.7 Å². The van der Waals surface area contributed by atoms with Crippen molar-refractivity contribution in [3.8, 4) is 56.8 Å². The van der Waals surface area contributed by atoms with Gasteiger partial charge in [0.15, 0.2) is 40.5 Å². The zero-order chi connectivity index (χ0) is 32.8. The van der Waals surface area contributed by atoms with Gasteiger partial charge in [-0.15, -0.1) is 11.3 Å². The Bertz CT molecular complexity index is 2660. The largest absolute Gasteiger partial charge is 0.452 e. The van der Waals surface area contributed by atoms with Gasteiger partial charge in [0.05, 0.1) is 0 Å². The number of rotatable bonds is 3. The summed E-state index contributed by atoms with van der Waals surface area (Å²) in [6.07, 6.45) is 0. The minimum atomic E-state index is -0.735. The van der Waals surface area contributed by atoms with Gasteiger partial charge in [-0.05, 0) is 46.5 Å². The molecular formula is C44H25N3O2S. The molecule has 6 heteroatoms. The second-order valence-electron chi connectivity index (χ2n) is 12.7. The lowest BCUT2D eigenvalue weighted by Crippen LogP contribution is -2.30. The third-order valence-electron chi connectivity index (χ3n) is 9.99. The van der Waals surface area contributed by atoms with E-state index in [0.717, 1.165) is 50.6 Å². The molecule has 6 aromatic carbocycles. The highest BCUT2D eigenvalue weighted by atomic mass is 32.1. The minimum absolute atomic E-state index is 0.613. The molecule has 50 heavy (non-hydrogen) atoms. The van der Waals surface area contributed by atoms with Gasteiger partial charge in [-0.1, -0.05) is 127 Å². The number of hydrogen-bond donors (Lipinski definition) is 0. The molecule has 0 bridgehead atoms. The Labute approximate surface area is 291 Å². The number of para-hydroxylation sites is 2. The van der Waals surface area contributed by atoms with Crippen LogP contribution in [-0.2, 0) is 5.41 Å². The van der Waals surface area contributed by atoms with Gasteiger partial charge in [0.25, 0.3) is 0 Å². The molecular weight excluding hydrogens is 635 g/mol. The molecule has 1 atom stereocenters. The molecule has 3 heterocycles. The fourth-order valence-electron chi connectivity index (χ4n) is 7.83. The van der Waals surface area contributed by atoms with E-state index < -0.39 is 5.41 Å². The Morgan fingerprint density at radius 3 is 1.80 bits per heavy atom. The fraction of sp³-hybridized carbons (Fsp3) is 0.0227. The molecule has 234 valence electrons. The van der Waals surface area contributed by atoms with E-state index in [1.54, 1.807) is 0 Å². The summed E-state index contributed by atoms with van der Waals surface area (Å²) in [4.78, 5) is 16.3. The van der Waals surface area contributed by atoms with E-state index in [-0.39, 0.29) is 0 Å². The highest BCUT2D eigenvalue weighted by Crippen LogP contribution is 2.66. The average molecular weight is 660 g/mol. The molecule has 0 amide bonds. The van der Waals surface area contributed by atoms with Crippen LogP contribution >= 0.6 is 11.3 Å². The number of nitrogens with zero attached hydrogens (tertiary/aromatic N) is 3. The first kappa shape index (κ1) is 27.6. The van der Waals surface area contributed by atoms with Gasteiger partial charge in [-0.2, -0.15) is 0 Å². The zero-order valence-corrected chi connectivity index (χ0v) is 27.3. The minimum Gasteiger partial charge on any atom is -0.452 e. The number of ether oxygens (including phenoxy) is 2. The number of thiophene rings is 1. The first-order valence-corrected chi connectivity index (χ1v) is 17.4. The second-order valence-corrected chi connectivity index (χ2v) is 13.8. The number of aromatic nitrogens is 3. The predicted molar refractivity (Wildman–Crippen MR) is 198 cm³/mol. The second kappa shape index (κ2) is 10.3. The molecule has 1 spiro atoms. The van der Waals surface area contributed by atoms with Crippen molar-refractivity contribution in [1.82, 2.24) is 15.0 Å². The summed E-state index contributed by atoms with van der Waals surface area (Å²) in [6, 6.07) is 52.0. The molecule has 1 aliphatic heterocycles. The highest BCUT2D eigenvalue weighted by Gasteiger charge is 2.58. The molecule has 11 rings (SSSR count). The maximum atomic E-state index is 7.02. The molecule has 2 aliphatic carbocycles. The van der Waals surface area contributed by atoms with Crippen molar-refractivity contribution in [2.24, 2.45) is 0 Å². The van der Waals surface area contributed by atoms with Crippen LogP contribution in [0, 0.1) is 0 Å². The van der Waals surface area contributed by atoms with Gasteiger partial charge < -0.3 is 9.47 Å². The van der Waals surface area contributed by atoms with E-state index in [4.69, 9.17) is 24.4 Å². The van der Waals surface area contributed by atoms with E-state index in [9.17, 15) is 0 Å². The quantitative estimate of drug-likeness (QED) is 0.189. The fourth-order valence-corrected chi connectivity index (χ4v) is 9.24. The molecule has 0 saturated carbocycles. The standard InChI is InChI=1S/C44H25N3O2S/c1-3-13-26(14-4-1)41-45-42(27-15-5-2-6-16-27)47-43(46-41)28-23-24-30-29-17-7-9-19-32(29)44(33(30)25-28)39-38(48-34-20-10-11-21-35(34)49-39)37-31-18-8-12-22-36(31)50-40(37)44/h1-25H. The first-order chi connectivity index (χ1) is 24.8. The van der Waals surface area contributed by atoms with E-state index in [0.29, 0.717) is 23.2 Å². The van der Waals surface area contributed by atoms with E-state index in [1.807, 2.05) is 96.3 Å². The summed E-state index contributed by atoms with van der Waals surface area (Å²) in [5.41, 5.74) is 7.78. The number of hydrogen-bond acceptors (Lipinski definition) is 6. The van der Waals surface area contributed by atoms with Crippen LogP contribution in [0.4, 0.5) is 0 Å². The summed E-state index contributed by atoms with van der Waals surface area (Å²) < 4.78 is 15.1. The topological polar surface area (TPSA) is 57.1 Å². The van der Waals surface area contributed by atoms with Gasteiger partial charge in [0.1, 0.15) is 5.41 Å². The van der Waals surface area contributed by atoms with Crippen molar-refractivity contribution in [1.29, 1.82) is 0 Å². The van der Waals surface area contributed by atoms with Gasteiger partial charge in [0, 0.05) is 37.2 Å². The van der Waals surface area contributed by atoms with Crippen LogP contribution in [0.3, 0.4) is 0 Å². The molecule has 2 aromatic heterocycles. The van der Waals surface area contributed by atoms with Crippen LogP contribution in [0.15, 0.2) is 157 Å². The maximum Gasteiger partial charge on any atom is 0.176 e. The summed E-state index contributed by atoms with van der Waals surface area (Å²) in [5, 5.41) is 1.17. The number of benzene rings is 6. The summed E-state index contributed by atoms with van der Waals surface area (Å²) in [7, 11) is 0. The summed E-state index contributed by atoms with van der Waals surface area (Å²) in [5.74, 6) is 4.89. The van der Waals surface area contributed by atoms with Gasteiger partial charge >= 0.3 is 0 Å². The first-order valence-electron chi connectivity index (χ1n) is 16.6. The van der Waals surface area contributed by atoms with Crippen molar-refractivity contribution < 1.29 is 9.47 Å². The molecule has 5 nitrogen and oxygen atoms in total. The summed E-state index contributed by atoms with van der Waals surface area (Å²) >= 11 is 1.81. The van der Waals surface area contributed by atoms with E-state index >= 15 is 0 Å². The molecule has 0 radical (unpaired) electrons. The molecule has 0 fully saturated rings. The van der Waals surface area contributed by atoms with Crippen molar-refractivity contribution in [3.05, 3.63) is 179 Å². The van der Waals surface area contributed by atoms with Gasteiger partial charge in [-0.3, -0.25) is 0 Å². The smallest absolute Gasteiger partial charge is 0.176 e. The highest BCUT2D eigenvalue weighted by molar-refractivity contribution is 7.19. The van der Waals surface area contributed by atoms with Crippen LogP contribution in [0.25, 0.3) is 61.1 Å². The lowest BCUT2D eigenvalue weighted by atomic mass is 9.76. The Hall–Kier alpha value is -6.37. The number of fused-ring (bicyclic) bond motifs is 12. The molecule has 0 saturated heterocycles.